The molecule has 1 atom stereocenters. The number of carbonyl (C=O) groups excluding carboxylic acids is 1. The Balaban J connectivity index is 1.36. The number of thiophene rings is 1. The van der Waals surface area contributed by atoms with E-state index in [4.69, 9.17) is 4.98 Å². The van der Waals surface area contributed by atoms with E-state index in [-0.39, 0.29) is 22.5 Å². The number of rotatable bonds is 6. The SMILES string of the molecule is CC(C)(C)[C@@H]1CCc2c(sc3nc(SCC(=O)c4ccc5ccccc5c4)n(Cc4ccccc4)c(=O)c23)C1. The van der Waals surface area contributed by atoms with Gasteiger partial charge in [0.2, 0.25) is 0 Å². The molecule has 3 aromatic carbocycles. The summed E-state index contributed by atoms with van der Waals surface area (Å²) in [5, 5.41) is 3.55. The topological polar surface area (TPSA) is 52.0 Å². The Morgan fingerprint density at radius 1 is 1.03 bits per heavy atom. The molecular weight excluding hydrogens is 521 g/mol. The third-order valence-corrected chi connectivity index (χ3v) is 10.1. The minimum Gasteiger partial charge on any atom is -0.293 e. The van der Waals surface area contributed by atoms with Crippen LogP contribution >= 0.6 is 23.1 Å². The van der Waals surface area contributed by atoms with E-state index in [1.165, 1.54) is 22.2 Å². The predicted octanol–water partition coefficient (Wildman–Crippen LogP) is 7.79. The molecule has 6 rings (SSSR count). The fourth-order valence-corrected chi connectivity index (χ4v) is 7.80. The first-order chi connectivity index (χ1) is 18.8. The van der Waals surface area contributed by atoms with Crippen molar-refractivity contribution in [1.82, 2.24) is 9.55 Å². The molecule has 0 spiro atoms. The van der Waals surface area contributed by atoms with E-state index in [1.807, 2.05) is 72.8 Å². The Bertz CT molecular complexity index is 1750. The number of benzene rings is 3. The third-order valence-electron chi connectivity index (χ3n) is 7.95. The highest BCUT2D eigenvalue weighted by Gasteiger charge is 2.32. The number of thioether (sulfide) groups is 1. The second kappa shape index (κ2) is 10.4. The van der Waals surface area contributed by atoms with Crippen LogP contribution in [0.25, 0.3) is 21.0 Å². The summed E-state index contributed by atoms with van der Waals surface area (Å²) < 4.78 is 1.78. The third kappa shape index (κ3) is 5.20. The Labute approximate surface area is 237 Å². The standard InChI is InChI=1S/C33H32N2O2S2/c1-33(2,3)25-15-16-26-28(18-25)39-30-29(26)31(37)35(19-21-9-5-4-6-10-21)32(34-30)38-20-27(36)24-14-13-22-11-7-8-12-23(22)17-24/h4-14,17,25H,15-16,18-20H2,1-3H3/t25-/m1/s1. The first kappa shape index (κ1) is 26.0. The summed E-state index contributed by atoms with van der Waals surface area (Å²) in [6.45, 7) is 7.36. The molecule has 0 radical (unpaired) electrons. The van der Waals surface area contributed by atoms with Crippen LogP contribution in [-0.2, 0) is 19.4 Å². The highest BCUT2D eigenvalue weighted by atomic mass is 32.2. The van der Waals surface area contributed by atoms with Crippen LogP contribution in [0.15, 0.2) is 82.7 Å². The van der Waals surface area contributed by atoms with E-state index in [0.717, 1.165) is 45.8 Å². The van der Waals surface area contributed by atoms with Gasteiger partial charge in [-0.25, -0.2) is 4.98 Å². The minimum absolute atomic E-state index is 0.0104. The summed E-state index contributed by atoms with van der Waals surface area (Å²) in [5.41, 5.74) is 3.16. The molecule has 1 aliphatic carbocycles. The van der Waals surface area contributed by atoms with Gasteiger partial charge in [0.25, 0.3) is 5.56 Å². The van der Waals surface area contributed by atoms with E-state index in [9.17, 15) is 9.59 Å². The van der Waals surface area contributed by atoms with Gasteiger partial charge < -0.3 is 0 Å². The van der Waals surface area contributed by atoms with Gasteiger partial charge in [-0.2, -0.15) is 0 Å². The largest absolute Gasteiger partial charge is 0.293 e. The molecule has 1 aliphatic rings. The Morgan fingerprint density at radius 2 is 1.77 bits per heavy atom. The summed E-state index contributed by atoms with van der Waals surface area (Å²) in [6, 6.07) is 23.9. The molecular formula is C33H32N2O2S2. The summed E-state index contributed by atoms with van der Waals surface area (Å²) in [5.74, 6) is 0.852. The van der Waals surface area contributed by atoms with Crippen molar-refractivity contribution >= 4 is 49.9 Å². The van der Waals surface area contributed by atoms with Gasteiger partial charge in [0, 0.05) is 10.4 Å². The molecule has 0 saturated carbocycles. The van der Waals surface area contributed by atoms with Crippen molar-refractivity contribution in [3.63, 3.8) is 0 Å². The molecule has 0 unspecified atom stereocenters. The van der Waals surface area contributed by atoms with Crippen LogP contribution in [0.5, 0.6) is 0 Å². The van der Waals surface area contributed by atoms with Crippen LogP contribution in [0.3, 0.4) is 0 Å². The van der Waals surface area contributed by atoms with Crippen LogP contribution in [0.1, 0.15) is 53.6 Å². The van der Waals surface area contributed by atoms with Crippen LogP contribution in [0.2, 0.25) is 0 Å². The molecule has 0 amide bonds. The minimum atomic E-state index is 0.0104. The van der Waals surface area contributed by atoms with E-state index in [1.54, 1.807) is 15.9 Å². The van der Waals surface area contributed by atoms with Crippen molar-refractivity contribution in [2.75, 3.05) is 5.75 Å². The second-order valence-electron chi connectivity index (χ2n) is 11.5. The van der Waals surface area contributed by atoms with Crippen LogP contribution in [0, 0.1) is 11.3 Å². The van der Waals surface area contributed by atoms with E-state index in [0.29, 0.717) is 23.2 Å². The maximum Gasteiger partial charge on any atom is 0.263 e. The Morgan fingerprint density at radius 3 is 2.54 bits per heavy atom. The van der Waals surface area contributed by atoms with Gasteiger partial charge in [-0.05, 0) is 58.6 Å². The van der Waals surface area contributed by atoms with Crippen LogP contribution in [-0.4, -0.2) is 21.1 Å². The molecule has 6 heteroatoms. The second-order valence-corrected chi connectivity index (χ2v) is 13.6. The lowest BCUT2D eigenvalue weighted by molar-refractivity contribution is 0.102. The molecule has 0 saturated heterocycles. The van der Waals surface area contributed by atoms with E-state index >= 15 is 0 Å². The van der Waals surface area contributed by atoms with Gasteiger partial charge in [-0.1, -0.05) is 99.3 Å². The Kier molecular flexibility index (Phi) is 6.94. The number of Topliss-reactive ketones (excluding diaryl/α,β-unsaturated/α-hetero) is 1. The first-order valence-electron chi connectivity index (χ1n) is 13.5. The highest BCUT2D eigenvalue weighted by molar-refractivity contribution is 7.99. The Hall–Kier alpha value is -3.22. The van der Waals surface area contributed by atoms with Crippen molar-refractivity contribution in [2.24, 2.45) is 11.3 Å². The molecule has 2 aromatic heterocycles. The summed E-state index contributed by atoms with van der Waals surface area (Å²) in [7, 11) is 0. The van der Waals surface area contributed by atoms with Gasteiger partial charge in [-0.15, -0.1) is 11.3 Å². The highest BCUT2D eigenvalue weighted by Crippen LogP contribution is 2.42. The van der Waals surface area contributed by atoms with Crippen LogP contribution in [0.4, 0.5) is 0 Å². The lowest BCUT2D eigenvalue weighted by Crippen LogP contribution is -2.27. The number of hydrogen-bond acceptors (Lipinski definition) is 5. The lowest BCUT2D eigenvalue weighted by Gasteiger charge is -2.33. The van der Waals surface area contributed by atoms with Crippen molar-refractivity contribution in [3.8, 4) is 0 Å². The van der Waals surface area contributed by atoms with Crippen molar-refractivity contribution in [3.05, 3.63) is 105 Å². The van der Waals surface area contributed by atoms with Crippen molar-refractivity contribution in [1.29, 1.82) is 0 Å². The molecule has 39 heavy (non-hydrogen) atoms. The van der Waals surface area contributed by atoms with Gasteiger partial charge in [0.1, 0.15) is 4.83 Å². The zero-order chi connectivity index (χ0) is 27.1. The molecule has 5 aromatic rings. The molecule has 198 valence electrons. The maximum atomic E-state index is 14.1. The smallest absolute Gasteiger partial charge is 0.263 e. The monoisotopic (exact) mass is 552 g/mol. The number of hydrogen-bond donors (Lipinski definition) is 0. The molecule has 4 nitrogen and oxygen atoms in total. The summed E-state index contributed by atoms with van der Waals surface area (Å²) in [4.78, 5) is 34.4. The van der Waals surface area contributed by atoms with Crippen LogP contribution < -0.4 is 5.56 Å². The number of aromatic nitrogens is 2. The average Bonchev–Trinajstić information content (AvgIpc) is 3.31. The van der Waals surface area contributed by atoms with Gasteiger partial charge in [0.05, 0.1) is 17.7 Å². The average molecular weight is 553 g/mol. The fraction of sp³-hybridized carbons (Fsp3) is 0.303. The van der Waals surface area contributed by atoms with E-state index in [2.05, 4.69) is 20.8 Å². The molecule has 2 heterocycles. The van der Waals surface area contributed by atoms with E-state index < -0.39 is 0 Å². The number of ketones is 1. The fourth-order valence-electron chi connectivity index (χ4n) is 5.57. The number of nitrogens with zero attached hydrogens (tertiary/aromatic N) is 2. The van der Waals surface area contributed by atoms with Crippen molar-refractivity contribution < 1.29 is 4.79 Å². The molecule has 0 fully saturated rings. The quantitative estimate of drug-likeness (QED) is 0.123. The van der Waals surface area contributed by atoms with Gasteiger partial charge >= 0.3 is 0 Å². The van der Waals surface area contributed by atoms with Gasteiger partial charge in [0.15, 0.2) is 10.9 Å². The number of aryl methyl sites for hydroxylation is 1. The predicted molar refractivity (Wildman–Crippen MR) is 163 cm³/mol. The summed E-state index contributed by atoms with van der Waals surface area (Å²) in [6.07, 6.45) is 3.02. The summed E-state index contributed by atoms with van der Waals surface area (Å²) >= 11 is 3.04. The normalized spacial score (nSPS) is 15.5. The molecule has 0 bridgehead atoms. The lowest BCUT2D eigenvalue weighted by atomic mass is 9.72. The molecule has 0 aliphatic heterocycles. The maximum absolute atomic E-state index is 14.1. The van der Waals surface area contributed by atoms with Gasteiger partial charge in [-0.3, -0.25) is 14.2 Å². The number of fused-ring (bicyclic) bond motifs is 4. The zero-order valence-electron chi connectivity index (χ0n) is 22.6. The zero-order valence-corrected chi connectivity index (χ0v) is 24.2. The number of carbonyl (C=O) groups is 1. The molecule has 0 N–H and O–H groups in total. The first-order valence-corrected chi connectivity index (χ1v) is 15.3. The van der Waals surface area contributed by atoms with Crippen molar-refractivity contribution in [2.45, 2.75) is 51.7 Å².